The number of hydrogen-bond donors (Lipinski definition) is 1. The number of nitrogens with one attached hydrogen (secondary N) is 1. The van der Waals surface area contributed by atoms with Crippen LogP contribution in [0.15, 0.2) is 54.9 Å². The number of ether oxygens (including phenoxy) is 1. The van der Waals surface area contributed by atoms with Crippen molar-refractivity contribution in [3.8, 4) is 5.75 Å². The molecule has 1 amide bonds. The summed E-state index contributed by atoms with van der Waals surface area (Å²) in [7, 11) is 1.57. The minimum Gasteiger partial charge on any atom is -0.495 e. The molecule has 1 aromatic heterocycles. The molecule has 0 atom stereocenters. The smallest absolute Gasteiger partial charge is 0.272 e. The van der Waals surface area contributed by atoms with Gasteiger partial charge in [-0.25, -0.2) is 9.97 Å². The molecule has 0 saturated carbocycles. The fraction of sp³-hybridized carbons (Fsp3) is 0.190. The molecule has 0 fully saturated rings. The van der Waals surface area contributed by atoms with E-state index in [-0.39, 0.29) is 5.91 Å². The van der Waals surface area contributed by atoms with Gasteiger partial charge in [0.1, 0.15) is 23.6 Å². The Labute approximate surface area is 168 Å². The van der Waals surface area contributed by atoms with E-state index in [4.69, 9.17) is 16.3 Å². The number of benzene rings is 2. The van der Waals surface area contributed by atoms with Gasteiger partial charge in [-0.1, -0.05) is 35.9 Å². The highest BCUT2D eigenvalue weighted by atomic mass is 35.5. The number of halogens is 1. The average molecular weight is 395 g/mol. The van der Waals surface area contributed by atoms with Crippen LogP contribution in [-0.4, -0.2) is 34.4 Å². The first-order chi connectivity index (χ1) is 13.6. The first-order valence-electron chi connectivity index (χ1n) is 8.92. The summed E-state index contributed by atoms with van der Waals surface area (Å²) in [6.07, 6.45) is 2.24. The number of aromatic nitrogens is 2. The van der Waals surface area contributed by atoms with Crippen LogP contribution in [0, 0.1) is 0 Å². The lowest BCUT2D eigenvalue weighted by Gasteiger charge is -2.28. The zero-order valence-corrected chi connectivity index (χ0v) is 16.1. The normalized spacial score (nSPS) is 13.0. The van der Waals surface area contributed by atoms with E-state index in [0.29, 0.717) is 35.4 Å². The van der Waals surface area contributed by atoms with E-state index in [2.05, 4.69) is 27.4 Å². The Bertz CT molecular complexity index is 1020. The number of carbonyl (C=O) groups excluding carboxylic acids is 1. The molecule has 3 aromatic rings. The van der Waals surface area contributed by atoms with Gasteiger partial charge in [-0.05, 0) is 35.7 Å². The lowest BCUT2D eigenvalue weighted by Crippen LogP contribution is -2.36. The van der Waals surface area contributed by atoms with E-state index in [9.17, 15) is 4.79 Å². The second kappa shape index (κ2) is 7.86. The van der Waals surface area contributed by atoms with E-state index < -0.39 is 0 Å². The summed E-state index contributed by atoms with van der Waals surface area (Å²) in [4.78, 5) is 23.1. The van der Waals surface area contributed by atoms with Crippen LogP contribution >= 0.6 is 11.6 Å². The zero-order chi connectivity index (χ0) is 19.5. The summed E-state index contributed by atoms with van der Waals surface area (Å²) in [5, 5.41) is 3.64. The molecule has 1 N–H and O–H groups in total. The summed E-state index contributed by atoms with van der Waals surface area (Å²) in [6, 6.07) is 15.2. The Morgan fingerprint density at radius 2 is 1.96 bits per heavy atom. The maximum absolute atomic E-state index is 12.9. The molecule has 1 aliphatic rings. The monoisotopic (exact) mass is 394 g/mol. The Morgan fingerprint density at radius 3 is 2.75 bits per heavy atom. The molecule has 4 rings (SSSR count). The van der Waals surface area contributed by atoms with Crippen molar-refractivity contribution in [2.24, 2.45) is 0 Å². The topological polar surface area (TPSA) is 67.3 Å². The van der Waals surface area contributed by atoms with Gasteiger partial charge in [0.15, 0.2) is 0 Å². The van der Waals surface area contributed by atoms with E-state index >= 15 is 0 Å². The number of fused-ring (bicyclic) bond motifs is 1. The van der Waals surface area contributed by atoms with Crippen molar-refractivity contribution < 1.29 is 9.53 Å². The maximum atomic E-state index is 12.9. The lowest BCUT2D eigenvalue weighted by molar-refractivity contribution is 0.0728. The second-order valence-electron chi connectivity index (χ2n) is 6.51. The molecule has 0 aliphatic carbocycles. The van der Waals surface area contributed by atoms with Gasteiger partial charge in [-0.15, -0.1) is 0 Å². The van der Waals surface area contributed by atoms with Crippen LogP contribution in [0.3, 0.4) is 0 Å². The predicted octanol–water partition coefficient (Wildman–Crippen LogP) is 4.08. The quantitative estimate of drug-likeness (QED) is 0.722. The van der Waals surface area contributed by atoms with Crippen LogP contribution in [0.25, 0.3) is 0 Å². The van der Waals surface area contributed by atoms with Crippen molar-refractivity contribution in [1.29, 1.82) is 0 Å². The lowest BCUT2D eigenvalue weighted by atomic mass is 10.00. The second-order valence-corrected chi connectivity index (χ2v) is 6.92. The molecule has 0 unspecified atom stereocenters. The molecular weight excluding hydrogens is 376 g/mol. The number of hydrogen-bond acceptors (Lipinski definition) is 5. The van der Waals surface area contributed by atoms with Gasteiger partial charge >= 0.3 is 0 Å². The van der Waals surface area contributed by atoms with Crippen LogP contribution in [0.2, 0.25) is 5.02 Å². The molecule has 7 heteroatoms. The molecule has 1 aliphatic heterocycles. The van der Waals surface area contributed by atoms with Gasteiger partial charge < -0.3 is 15.0 Å². The molecule has 0 bridgehead atoms. The van der Waals surface area contributed by atoms with E-state index in [0.717, 1.165) is 12.1 Å². The fourth-order valence-corrected chi connectivity index (χ4v) is 3.52. The Kier molecular flexibility index (Phi) is 5.12. The van der Waals surface area contributed by atoms with Gasteiger partial charge in [0.25, 0.3) is 5.91 Å². The maximum Gasteiger partial charge on any atom is 0.272 e. The number of nitrogens with zero attached hydrogens (tertiary/aromatic N) is 3. The summed E-state index contributed by atoms with van der Waals surface area (Å²) in [5.41, 5.74) is 3.58. The molecule has 0 spiro atoms. The summed E-state index contributed by atoms with van der Waals surface area (Å²) in [6.45, 7) is 1.27. The molecule has 0 saturated heterocycles. The van der Waals surface area contributed by atoms with Gasteiger partial charge in [0.05, 0.1) is 12.1 Å². The zero-order valence-electron chi connectivity index (χ0n) is 15.4. The molecular formula is C21H19ClN4O2. The van der Waals surface area contributed by atoms with E-state index in [1.165, 1.54) is 17.5 Å². The Balaban J connectivity index is 1.51. The number of rotatable bonds is 4. The number of methoxy groups -OCH3 is 1. The molecule has 142 valence electrons. The van der Waals surface area contributed by atoms with Gasteiger partial charge in [-0.2, -0.15) is 0 Å². The van der Waals surface area contributed by atoms with Crippen molar-refractivity contribution in [3.63, 3.8) is 0 Å². The highest BCUT2D eigenvalue weighted by Gasteiger charge is 2.22. The van der Waals surface area contributed by atoms with Gasteiger partial charge in [0.2, 0.25) is 0 Å². The molecule has 6 nitrogen and oxygen atoms in total. The van der Waals surface area contributed by atoms with Gasteiger partial charge in [0, 0.05) is 24.8 Å². The number of amides is 1. The third-order valence-electron chi connectivity index (χ3n) is 4.73. The SMILES string of the molecule is COc1ccc(Nc2cc(C(=O)N3CCc4ccccc4C3)ncn2)cc1Cl. The third kappa shape index (κ3) is 3.77. The molecule has 0 radical (unpaired) electrons. The Hall–Kier alpha value is -3.12. The minimum atomic E-state index is -0.104. The van der Waals surface area contributed by atoms with Crippen molar-refractivity contribution in [2.45, 2.75) is 13.0 Å². The highest BCUT2D eigenvalue weighted by molar-refractivity contribution is 6.32. The van der Waals surface area contributed by atoms with Crippen molar-refractivity contribution in [2.75, 3.05) is 19.0 Å². The summed E-state index contributed by atoms with van der Waals surface area (Å²) >= 11 is 6.16. The Morgan fingerprint density at radius 1 is 1.14 bits per heavy atom. The average Bonchev–Trinajstić information content (AvgIpc) is 2.73. The van der Waals surface area contributed by atoms with Crippen molar-refractivity contribution >= 4 is 29.0 Å². The van der Waals surface area contributed by atoms with Crippen LogP contribution in [0.5, 0.6) is 5.75 Å². The van der Waals surface area contributed by atoms with E-state index in [1.807, 2.05) is 23.1 Å². The summed E-state index contributed by atoms with van der Waals surface area (Å²) in [5.74, 6) is 1.01. The molecule has 2 heterocycles. The molecule has 2 aromatic carbocycles. The highest BCUT2D eigenvalue weighted by Crippen LogP contribution is 2.28. The van der Waals surface area contributed by atoms with Crippen LogP contribution in [-0.2, 0) is 13.0 Å². The predicted molar refractivity (Wildman–Crippen MR) is 108 cm³/mol. The van der Waals surface area contributed by atoms with Crippen LogP contribution in [0.4, 0.5) is 11.5 Å². The minimum absolute atomic E-state index is 0.104. The number of carbonyl (C=O) groups is 1. The first kappa shape index (κ1) is 18.3. The van der Waals surface area contributed by atoms with Crippen molar-refractivity contribution in [3.05, 3.63) is 76.7 Å². The standard InChI is InChI=1S/C21H19ClN4O2/c1-28-19-7-6-16(10-17(19)22)25-20-11-18(23-13-24-20)21(27)26-9-8-14-4-2-3-5-15(14)12-26/h2-7,10-11,13H,8-9,12H2,1H3,(H,23,24,25). The van der Waals surface area contributed by atoms with Crippen LogP contribution in [0.1, 0.15) is 21.6 Å². The van der Waals surface area contributed by atoms with Crippen LogP contribution < -0.4 is 10.1 Å². The fourth-order valence-electron chi connectivity index (χ4n) is 3.27. The van der Waals surface area contributed by atoms with Crippen molar-refractivity contribution in [1.82, 2.24) is 14.9 Å². The summed E-state index contributed by atoms with van der Waals surface area (Å²) < 4.78 is 5.16. The number of anilines is 2. The molecule has 28 heavy (non-hydrogen) atoms. The largest absolute Gasteiger partial charge is 0.495 e. The first-order valence-corrected chi connectivity index (χ1v) is 9.30. The van der Waals surface area contributed by atoms with Gasteiger partial charge in [-0.3, -0.25) is 4.79 Å². The third-order valence-corrected chi connectivity index (χ3v) is 5.02. The van der Waals surface area contributed by atoms with E-state index in [1.54, 1.807) is 25.3 Å².